The van der Waals surface area contributed by atoms with E-state index in [9.17, 15) is 9.59 Å². The van der Waals surface area contributed by atoms with Crippen molar-refractivity contribution in [3.63, 3.8) is 0 Å². The second kappa shape index (κ2) is 4.57. The third kappa shape index (κ3) is 1.78. The maximum absolute atomic E-state index is 12.5. The number of hydrogen-bond donors (Lipinski definition) is 2. The molecule has 0 bridgehead atoms. The van der Waals surface area contributed by atoms with Crippen molar-refractivity contribution < 1.29 is 4.52 Å². The third-order valence-corrected chi connectivity index (χ3v) is 3.77. The first-order chi connectivity index (χ1) is 10.6. The zero-order valence-electron chi connectivity index (χ0n) is 11.2. The van der Waals surface area contributed by atoms with Gasteiger partial charge in [-0.3, -0.25) is 4.79 Å². The molecule has 0 atom stereocenters. The highest BCUT2D eigenvalue weighted by molar-refractivity contribution is 6.30. The van der Waals surface area contributed by atoms with Crippen molar-refractivity contribution >= 4 is 28.2 Å². The highest BCUT2D eigenvalue weighted by atomic mass is 35.5. The summed E-state index contributed by atoms with van der Waals surface area (Å²) >= 11 is 5.86. The van der Waals surface area contributed by atoms with Crippen LogP contribution in [0.3, 0.4) is 0 Å². The van der Waals surface area contributed by atoms with Crippen molar-refractivity contribution in [3.05, 3.63) is 74.3 Å². The first-order valence-electron chi connectivity index (χ1n) is 6.59. The molecule has 0 spiro atoms. The zero-order valence-corrected chi connectivity index (χ0v) is 12.0. The van der Waals surface area contributed by atoms with E-state index < -0.39 is 11.1 Å². The summed E-state index contributed by atoms with van der Waals surface area (Å²) < 4.78 is 2.80. The van der Waals surface area contributed by atoms with Gasteiger partial charge in [-0.1, -0.05) is 33.6 Å². The van der Waals surface area contributed by atoms with E-state index in [0.717, 1.165) is 0 Å². The average molecular weight is 314 g/mol. The number of aromatic amines is 2. The van der Waals surface area contributed by atoms with Gasteiger partial charge >= 0.3 is 16.6 Å². The van der Waals surface area contributed by atoms with Crippen molar-refractivity contribution in [2.45, 2.75) is 0 Å². The molecule has 2 aromatic carbocycles. The predicted octanol–water partition coefficient (Wildman–Crippen LogP) is 1.40. The minimum absolute atomic E-state index is 0.0358. The van der Waals surface area contributed by atoms with E-state index >= 15 is 0 Å². The smallest absolute Gasteiger partial charge is 0.315 e. The van der Waals surface area contributed by atoms with Gasteiger partial charge in [0.15, 0.2) is 11.2 Å². The van der Waals surface area contributed by atoms with Crippen LogP contribution in [0.2, 0.25) is 5.02 Å². The van der Waals surface area contributed by atoms with Gasteiger partial charge in [0.25, 0.3) is 0 Å². The Balaban J connectivity index is 2.15. The molecule has 4 rings (SSSR count). The third-order valence-electron chi connectivity index (χ3n) is 3.52. The van der Waals surface area contributed by atoms with E-state index in [1.54, 1.807) is 30.3 Å². The fourth-order valence-corrected chi connectivity index (χ4v) is 2.62. The maximum Gasteiger partial charge on any atom is 0.412 e. The zero-order chi connectivity index (χ0) is 15.3. The normalized spacial score (nSPS) is 11.3. The molecule has 0 aliphatic rings. The van der Waals surface area contributed by atoms with Crippen LogP contribution in [-0.2, 0) is 0 Å². The largest absolute Gasteiger partial charge is 0.412 e. The second-order valence-electron chi connectivity index (χ2n) is 4.87. The van der Waals surface area contributed by atoms with Crippen LogP contribution in [0.4, 0.5) is 0 Å². The molecule has 2 aromatic heterocycles. The molecule has 4 aromatic rings. The summed E-state index contributed by atoms with van der Waals surface area (Å²) in [7, 11) is 0. The standard InChI is InChI=1S/C15H9ClN4O2/c16-9-5-7-10(8-6-9)19-15(22)13-14(21)17-11-3-1-2-4-12(11)20(13)18-19/h1-8H,(H-,17,18,21,22)/p+1. The Hall–Kier alpha value is -2.86. The Morgan fingerprint density at radius 2 is 1.73 bits per heavy atom. The van der Waals surface area contributed by atoms with E-state index in [1.807, 2.05) is 18.2 Å². The Morgan fingerprint density at radius 3 is 2.50 bits per heavy atom. The molecule has 0 aliphatic carbocycles. The summed E-state index contributed by atoms with van der Waals surface area (Å²) in [6.45, 7) is 0. The first-order valence-corrected chi connectivity index (χ1v) is 6.97. The van der Waals surface area contributed by atoms with Crippen molar-refractivity contribution in [1.29, 1.82) is 0 Å². The van der Waals surface area contributed by atoms with E-state index in [-0.39, 0.29) is 5.52 Å². The van der Waals surface area contributed by atoms with Crippen LogP contribution in [0.1, 0.15) is 0 Å². The molecule has 0 saturated heterocycles. The van der Waals surface area contributed by atoms with Gasteiger partial charge in [-0.2, -0.15) is 0 Å². The summed E-state index contributed by atoms with van der Waals surface area (Å²) in [4.78, 5) is 27.4. The summed E-state index contributed by atoms with van der Waals surface area (Å²) in [5.41, 5.74) is 1.13. The molecule has 22 heavy (non-hydrogen) atoms. The van der Waals surface area contributed by atoms with Crippen molar-refractivity contribution in [2.75, 3.05) is 0 Å². The number of rotatable bonds is 1. The molecular formula is C15H10ClN4O2+. The van der Waals surface area contributed by atoms with E-state index in [2.05, 4.69) is 10.2 Å². The van der Waals surface area contributed by atoms with Crippen LogP contribution in [0, 0.1) is 0 Å². The number of nitrogens with zero attached hydrogens (tertiary/aromatic N) is 2. The SMILES string of the molecule is O=c1[nH]c2ccccc2[n+]2[nH]n(-c3ccc(Cl)cc3)c(=O)c12. The minimum atomic E-state index is -0.437. The number of H-pyrrole nitrogens is 2. The van der Waals surface area contributed by atoms with Crippen LogP contribution in [0.25, 0.3) is 22.2 Å². The van der Waals surface area contributed by atoms with Gasteiger partial charge in [0.2, 0.25) is 0 Å². The van der Waals surface area contributed by atoms with Gasteiger partial charge in [0, 0.05) is 5.02 Å². The van der Waals surface area contributed by atoms with Crippen LogP contribution in [0.15, 0.2) is 58.1 Å². The lowest BCUT2D eigenvalue weighted by atomic mass is 10.3. The van der Waals surface area contributed by atoms with E-state index in [4.69, 9.17) is 11.6 Å². The number of para-hydroxylation sites is 2. The van der Waals surface area contributed by atoms with E-state index in [1.165, 1.54) is 9.20 Å². The lowest BCUT2D eigenvalue weighted by molar-refractivity contribution is -0.556. The first kappa shape index (κ1) is 12.8. The molecule has 2 heterocycles. The fourth-order valence-electron chi connectivity index (χ4n) is 2.49. The van der Waals surface area contributed by atoms with Gasteiger partial charge in [-0.15, -0.1) is 4.52 Å². The topological polar surface area (TPSA) is 74.8 Å². The highest BCUT2D eigenvalue weighted by Gasteiger charge is 2.22. The molecule has 6 nitrogen and oxygen atoms in total. The Bertz CT molecular complexity index is 1120. The number of aromatic nitrogens is 4. The number of nitrogens with one attached hydrogen (secondary N) is 2. The van der Waals surface area contributed by atoms with Gasteiger partial charge in [-0.05, 0) is 36.4 Å². The van der Waals surface area contributed by atoms with Crippen LogP contribution < -0.4 is 15.6 Å². The van der Waals surface area contributed by atoms with Crippen LogP contribution in [-0.4, -0.2) is 14.9 Å². The molecular weight excluding hydrogens is 304 g/mol. The number of benzene rings is 2. The molecule has 108 valence electrons. The summed E-state index contributed by atoms with van der Waals surface area (Å²) in [5.74, 6) is 0. The second-order valence-corrected chi connectivity index (χ2v) is 5.31. The molecule has 0 radical (unpaired) electrons. The van der Waals surface area contributed by atoms with Crippen molar-refractivity contribution in [1.82, 2.24) is 14.9 Å². The molecule has 7 heteroatoms. The van der Waals surface area contributed by atoms with Crippen LogP contribution in [0.5, 0.6) is 0 Å². The Morgan fingerprint density at radius 1 is 1.00 bits per heavy atom. The monoisotopic (exact) mass is 313 g/mol. The summed E-state index contributed by atoms with van der Waals surface area (Å²) in [6, 6.07) is 14.0. The average Bonchev–Trinajstić information content (AvgIpc) is 2.87. The quantitative estimate of drug-likeness (QED) is 0.521. The predicted molar refractivity (Wildman–Crippen MR) is 82.7 cm³/mol. The van der Waals surface area contributed by atoms with Gasteiger partial charge in [0.1, 0.15) is 0 Å². The molecule has 0 unspecified atom stereocenters. The van der Waals surface area contributed by atoms with Crippen molar-refractivity contribution in [2.24, 2.45) is 0 Å². The van der Waals surface area contributed by atoms with E-state index in [0.29, 0.717) is 21.7 Å². The summed E-state index contributed by atoms with van der Waals surface area (Å²) in [6.07, 6.45) is 0. The Kier molecular flexibility index (Phi) is 2.67. The maximum atomic E-state index is 12.5. The molecule has 0 fully saturated rings. The van der Waals surface area contributed by atoms with Gasteiger partial charge in [0.05, 0.1) is 5.52 Å². The number of halogens is 1. The molecule has 0 aliphatic heterocycles. The molecule has 2 N–H and O–H groups in total. The number of fused-ring (bicyclic) bond motifs is 3. The lowest BCUT2D eigenvalue weighted by Crippen LogP contribution is -2.33. The van der Waals surface area contributed by atoms with Gasteiger partial charge in [-0.25, -0.2) is 4.79 Å². The van der Waals surface area contributed by atoms with Crippen molar-refractivity contribution in [3.8, 4) is 5.69 Å². The molecule has 0 saturated carbocycles. The summed E-state index contributed by atoms with van der Waals surface area (Å²) in [5, 5.41) is 3.51. The fraction of sp³-hybridized carbons (Fsp3) is 0. The lowest BCUT2D eigenvalue weighted by Gasteiger charge is -1.95. The minimum Gasteiger partial charge on any atom is -0.315 e. The van der Waals surface area contributed by atoms with Gasteiger partial charge < -0.3 is 4.98 Å². The Labute approximate surface area is 128 Å². The van der Waals surface area contributed by atoms with Crippen LogP contribution >= 0.6 is 11.6 Å². The number of hydrogen-bond acceptors (Lipinski definition) is 2. The highest BCUT2D eigenvalue weighted by Crippen LogP contribution is 2.11. The molecule has 0 amide bonds.